The van der Waals surface area contributed by atoms with Crippen molar-refractivity contribution in [1.29, 1.82) is 0 Å². The fourth-order valence-electron chi connectivity index (χ4n) is 4.62. The number of aryl methyl sites for hydroxylation is 1. The van der Waals surface area contributed by atoms with Gasteiger partial charge in [0.15, 0.2) is 0 Å². The van der Waals surface area contributed by atoms with Crippen molar-refractivity contribution in [2.75, 3.05) is 0 Å². The van der Waals surface area contributed by atoms with Crippen LogP contribution < -0.4 is 10.9 Å². The van der Waals surface area contributed by atoms with E-state index in [4.69, 9.17) is 0 Å². The highest BCUT2D eigenvalue weighted by Gasteiger charge is 2.39. The summed E-state index contributed by atoms with van der Waals surface area (Å²) in [5, 5.41) is 3.13. The van der Waals surface area contributed by atoms with Gasteiger partial charge in [0, 0.05) is 24.2 Å². The molecule has 0 radical (unpaired) electrons. The van der Waals surface area contributed by atoms with E-state index in [0.717, 1.165) is 51.5 Å². The molecule has 154 valence electrons. The van der Waals surface area contributed by atoms with Gasteiger partial charge in [0.05, 0.1) is 0 Å². The number of fused-ring (bicyclic) bond motifs is 1. The average molecular weight is 393 g/mol. The Kier molecular flexibility index (Phi) is 6.17. The molecule has 2 aliphatic carbocycles. The van der Waals surface area contributed by atoms with E-state index in [1.54, 1.807) is 0 Å². The number of rotatable bonds is 6. The molecule has 4 heteroatoms. The van der Waals surface area contributed by atoms with Crippen LogP contribution in [0.4, 0.5) is 0 Å². The zero-order valence-electron chi connectivity index (χ0n) is 17.5. The lowest BCUT2D eigenvalue weighted by atomic mass is 9.95. The predicted molar refractivity (Wildman–Crippen MR) is 117 cm³/mol. The standard InChI is InChI=1S/C25H32N2O2/c1-2-3-15-27-23-14-10-5-4-7-13-19(23)16-21(25(27)29)24(28)26-22-17-20(22)18-11-8-6-9-12-18/h6,8-9,11-12,16,20,22H,2-5,7,10,13-15,17H2,1H3,(H,26,28). The number of aromatic nitrogens is 1. The summed E-state index contributed by atoms with van der Waals surface area (Å²) >= 11 is 0. The molecule has 1 N–H and O–H groups in total. The largest absolute Gasteiger partial charge is 0.348 e. The van der Waals surface area contributed by atoms with Gasteiger partial charge in [-0.05, 0) is 55.7 Å². The summed E-state index contributed by atoms with van der Waals surface area (Å²) in [6.45, 7) is 2.86. The number of amides is 1. The van der Waals surface area contributed by atoms with Crippen LogP contribution in [0.25, 0.3) is 0 Å². The average Bonchev–Trinajstić information content (AvgIpc) is 3.48. The highest BCUT2D eigenvalue weighted by Crippen LogP contribution is 2.40. The lowest BCUT2D eigenvalue weighted by Gasteiger charge is -2.21. The maximum Gasteiger partial charge on any atom is 0.263 e. The molecule has 0 aliphatic heterocycles. The van der Waals surface area contributed by atoms with Crippen LogP contribution in [0.3, 0.4) is 0 Å². The van der Waals surface area contributed by atoms with Crippen LogP contribution in [0.2, 0.25) is 0 Å². The summed E-state index contributed by atoms with van der Waals surface area (Å²) in [5.74, 6) is 0.167. The Balaban J connectivity index is 1.58. The molecule has 1 aromatic heterocycles. The summed E-state index contributed by atoms with van der Waals surface area (Å²) in [6.07, 6.45) is 9.61. The molecule has 0 bridgehead atoms. The second-order valence-corrected chi connectivity index (χ2v) is 8.59. The zero-order chi connectivity index (χ0) is 20.2. The number of nitrogens with zero attached hydrogens (tertiary/aromatic N) is 1. The molecule has 1 saturated carbocycles. The minimum absolute atomic E-state index is 0.104. The molecule has 1 amide bonds. The third-order valence-electron chi connectivity index (χ3n) is 6.41. The number of nitrogens with one attached hydrogen (secondary N) is 1. The van der Waals surface area contributed by atoms with Crippen molar-refractivity contribution in [3.8, 4) is 0 Å². The lowest BCUT2D eigenvalue weighted by Crippen LogP contribution is -2.36. The van der Waals surface area contributed by atoms with E-state index in [0.29, 0.717) is 11.5 Å². The number of unbranched alkanes of at least 4 members (excludes halogenated alkanes) is 1. The van der Waals surface area contributed by atoms with E-state index in [9.17, 15) is 9.59 Å². The monoisotopic (exact) mass is 392 g/mol. The second-order valence-electron chi connectivity index (χ2n) is 8.59. The van der Waals surface area contributed by atoms with Gasteiger partial charge in [-0.1, -0.05) is 56.5 Å². The van der Waals surface area contributed by atoms with E-state index < -0.39 is 0 Å². The zero-order valence-corrected chi connectivity index (χ0v) is 17.5. The summed E-state index contributed by atoms with van der Waals surface area (Å²) in [5.41, 5.74) is 3.87. The van der Waals surface area contributed by atoms with Gasteiger partial charge in [-0.15, -0.1) is 0 Å². The van der Waals surface area contributed by atoms with Gasteiger partial charge >= 0.3 is 0 Å². The SMILES string of the molecule is CCCCn1c2c(cc(C(=O)NC3CC3c3ccccc3)c1=O)CCCCCC2. The van der Waals surface area contributed by atoms with Gasteiger partial charge < -0.3 is 9.88 Å². The van der Waals surface area contributed by atoms with Gasteiger partial charge in [0.2, 0.25) is 0 Å². The van der Waals surface area contributed by atoms with Crippen molar-refractivity contribution >= 4 is 5.91 Å². The van der Waals surface area contributed by atoms with Gasteiger partial charge in [-0.25, -0.2) is 0 Å². The number of carbonyl (C=O) groups is 1. The highest BCUT2D eigenvalue weighted by molar-refractivity contribution is 5.94. The van der Waals surface area contributed by atoms with Crippen molar-refractivity contribution in [3.63, 3.8) is 0 Å². The van der Waals surface area contributed by atoms with E-state index in [1.807, 2.05) is 28.8 Å². The highest BCUT2D eigenvalue weighted by atomic mass is 16.2. The first-order chi connectivity index (χ1) is 14.2. The number of pyridine rings is 1. The molecule has 29 heavy (non-hydrogen) atoms. The third-order valence-corrected chi connectivity index (χ3v) is 6.41. The second kappa shape index (κ2) is 8.98. The number of hydrogen-bond acceptors (Lipinski definition) is 2. The van der Waals surface area contributed by atoms with Gasteiger partial charge in [-0.3, -0.25) is 9.59 Å². The first-order valence-electron chi connectivity index (χ1n) is 11.3. The van der Waals surface area contributed by atoms with E-state index in [2.05, 4.69) is 24.4 Å². The first-order valence-corrected chi connectivity index (χ1v) is 11.3. The van der Waals surface area contributed by atoms with Gasteiger partial charge in [0.1, 0.15) is 5.56 Å². The minimum atomic E-state index is -0.200. The minimum Gasteiger partial charge on any atom is -0.348 e. The summed E-state index contributed by atoms with van der Waals surface area (Å²) in [7, 11) is 0. The number of hydrogen-bond donors (Lipinski definition) is 1. The van der Waals surface area contributed by atoms with E-state index in [1.165, 1.54) is 29.7 Å². The normalized spacial score (nSPS) is 21.0. The third kappa shape index (κ3) is 4.47. The van der Waals surface area contributed by atoms with Crippen molar-refractivity contribution in [2.45, 2.75) is 83.2 Å². The van der Waals surface area contributed by atoms with Crippen molar-refractivity contribution < 1.29 is 4.79 Å². The Labute approximate surface area is 173 Å². The van der Waals surface area contributed by atoms with E-state index in [-0.39, 0.29) is 17.5 Å². The maximum atomic E-state index is 13.2. The molecular formula is C25H32N2O2. The quantitative estimate of drug-likeness (QED) is 0.781. The Morgan fingerprint density at radius 3 is 2.62 bits per heavy atom. The van der Waals surface area contributed by atoms with Crippen LogP contribution >= 0.6 is 0 Å². The molecule has 2 aliphatic rings. The molecule has 0 saturated heterocycles. The molecule has 2 unspecified atom stereocenters. The van der Waals surface area contributed by atoms with Gasteiger partial charge in [-0.2, -0.15) is 0 Å². The van der Waals surface area contributed by atoms with Crippen LogP contribution in [0.1, 0.15) is 85.0 Å². The van der Waals surface area contributed by atoms with Crippen molar-refractivity contribution in [3.05, 3.63) is 69.1 Å². The molecule has 1 aromatic carbocycles. The summed E-state index contributed by atoms with van der Waals surface area (Å²) < 4.78 is 1.92. The Bertz CT molecular complexity index is 916. The molecule has 4 nitrogen and oxygen atoms in total. The summed E-state index contributed by atoms with van der Waals surface area (Å²) in [6, 6.07) is 12.3. The predicted octanol–water partition coefficient (Wildman–Crippen LogP) is 4.59. The topological polar surface area (TPSA) is 51.1 Å². The molecular weight excluding hydrogens is 360 g/mol. The van der Waals surface area contributed by atoms with Crippen molar-refractivity contribution in [2.24, 2.45) is 0 Å². The molecule has 2 aromatic rings. The smallest absolute Gasteiger partial charge is 0.263 e. The van der Waals surface area contributed by atoms with E-state index >= 15 is 0 Å². The van der Waals surface area contributed by atoms with Crippen LogP contribution in [0.15, 0.2) is 41.2 Å². The summed E-state index contributed by atoms with van der Waals surface area (Å²) in [4.78, 5) is 26.3. The Morgan fingerprint density at radius 1 is 1.10 bits per heavy atom. The number of carbonyl (C=O) groups excluding carboxylic acids is 1. The Hall–Kier alpha value is -2.36. The molecule has 2 atom stereocenters. The first kappa shape index (κ1) is 19.9. The van der Waals surface area contributed by atoms with Crippen LogP contribution in [-0.4, -0.2) is 16.5 Å². The molecule has 1 fully saturated rings. The lowest BCUT2D eigenvalue weighted by molar-refractivity contribution is 0.0948. The fourth-order valence-corrected chi connectivity index (χ4v) is 4.62. The number of benzene rings is 1. The maximum absolute atomic E-state index is 13.2. The van der Waals surface area contributed by atoms with Crippen LogP contribution in [-0.2, 0) is 19.4 Å². The van der Waals surface area contributed by atoms with Crippen LogP contribution in [0.5, 0.6) is 0 Å². The molecule has 4 rings (SSSR count). The Morgan fingerprint density at radius 2 is 1.86 bits per heavy atom. The van der Waals surface area contributed by atoms with Crippen molar-refractivity contribution in [1.82, 2.24) is 9.88 Å². The molecule has 1 heterocycles. The van der Waals surface area contributed by atoms with Crippen LogP contribution in [0, 0.1) is 0 Å². The van der Waals surface area contributed by atoms with Gasteiger partial charge in [0.25, 0.3) is 11.5 Å². The molecule has 0 spiro atoms. The fraction of sp³-hybridized carbons (Fsp3) is 0.520.